The van der Waals surface area contributed by atoms with E-state index in [9.17, 15) is 10.2 Å². The SMILES string of the molecule is O[C@@H]1[C@@H](COc2ccccc2Cl)OC(n2cnc3c(NC4CCOC4)ncnc32)[C@@H]1O. The molecule has 11 heteroatoms. The molecule has 1 aromatic carbocycles. The molecule has 0 amide bonds. The Kier molecular flexibility index (Phi) is 5.63. The summed E-state index contributed by atoms with van der Waals surface area (Å²) in [4.78, 5) is 13.0. The van der Waals surface area contributed by atoms with Crippen LogP contribution in [0.25, 0.3) is 11.2 Å². The molecule has 10 nitrogen and oxygen atoms in total. The number of aromatic nitrogens is 4. The summed E-state index contributed by atoms with van der Waals surface area (Å²) in [7, 11) is 0. The predicted octanol–water partition coefficient (Wildman–Crippen LogP) is 1.38. The van der Waals surface area contributed by atoms with Gasteiger partial charge in [-0.05, 0) is 18.6 Å². The van der Waals surface area contributed by atoms with Crippen LogP contribution in [0.1, 0.15) is 12.6 Å². The smallest absolute Gasteiger partial charge is 0.167 e. The number of nitrogens with zero attached hydrogens (tertiary/aromatic N) is 4. The molecule has 0 bridgehead atoms. The van der Waals surface area contributed by atoms with Crippen LogP contribution in [0.4, 0.5) is 5.82 Å². The monoisotopic (exact) mass is 447 g/mol. The Morgan fingerprint density at radius 3 is 2.87 bits per heavy atom. The van der Waals surface area contributed by atoms with Gasteiger partial charge in [0.05, 0.1) is 24.0 Å². The van der Waals surface area contributed by atoms with Crippen LogP contribution >= 0.6 is 11.6 Å². The molecule has 0 saturated carbocycles. The lowest BCUT2D eigenvalue weighted by Crippen LogP contribution is -2.34. The van der Waals surface area contributed by atoms with E-state index in [0.717, 1.165) is 6.42 Å². The molecule has 31 heavy (non-hydrogen) atoms. The summed E-state index contributed by atoms with van der Waals surface area (Å²) in [6, 6.07) is 7.18. The van der Waals surface area contributed by atoms with E-state index >= 15 is 0 Å². The highest BCUT2D eigenvalue weighted by molar-refractivity contribution is 6.32. The van der Waals surface area contributed by atoms with Gasteiger partial charge in [0.1, 0.15) is 37.0 Å². The van der Waals surface area contributed by atoms with Gasteiger partial charge in [0.15, 0.2) is 23.2 Å². The Balaban J connectivity index is 1.34. The molecular weight excluding hydrogens is 426 g/mol. The van der Waals surface area contributed by atoms with Gasteiger partial charge in [-0.25, -0.2) is 15.0 Å². The minimum atomic E-state index is -1.19. The molecule has 3 aromatic rings. The highest BCUT2D eigenvalue weighted by Gasteiger charge is 2.44. The highest BCUT2D eigenvalue weighted by atomic mass is 35.5. The summed E-state index contributed by atoms with van der Waals surface area (Å²) in [6.07, 6.45) is -0.147. The van der Waals surface area contributed by atoms with Gasteiger partial charge < -0.3 is 29.7 Å². The molecule has 2 fully saturated rings. The molecule has 2 saturated heterocycles. The number of rotatable bonds is 6. The van der Waals surface area contributed by atoms with Crippen molar-refractivity contribution in [3.8, 4) is 5.75 Å². The van der Waals surface area contributed by atoms with Crippen LogP contribution in [0.15, 0.2) is 36.9 Å². The lowest BCUT2D eigenvalue weighted by molar-refractivity contribution is -0.0474. The first kappa shape index (κ1) is 20.4. The summed E-state index contributed by atoms with van der Waals surface area (Å²) >= 11 is 6.11. The van der Waals surface area contributed by atoms with Crippen LogP contribution in [0.2, 0.25) is 5.02 Å². The fraction of sp³-hybridized carbons (Fsp3) is 0.450. The second-order valence-electron chi connectivity index (χ2n) is 7.54. The Labute approximate surface area is 182 Å². The molecule has 5 atom stereocenters. The molecule has 0 aliphatic carbocycles. The van der Waals surface area contributed by atoms with Crippen LogP contribution < -0.4 is 10.1 Å². The number of benzene rings is 1. The van der Waals surface area contributed by atoms with Gasteiger partial charge >= 0.3 is 0 Å². The van der Waals surface area contributed by atoms with E-state index in [-0.39, 0.29) is 12.6 Å². The Morgan fingerprint density at radius 1 is 1.19 bits per heavy atom. The van der Waals surface area contributed by atoms with Crippen LogP contribution in [0.5, 0.6) is 5.75 Å². The van der Waals surface area contributed by atoms with E-state index in [2.05, 4.69) is 20.3 Å². The number of fused-ring (bicyclic) bond motifs is 1. The largest absolute Gasteiger partial charge is 0.489 e. The van der Waals surface area contributed by atoms with Crippen LogP contribution in [-0.2, 0) is 9.47 Å². The number of para-hydroxylation sites is 1. The van der Waals surface area contributed by atoms with Gasteiger partial charge in [-0.3, -0.25) is 4.57 Å². The van der Waals surface area contributed by atoms with Crippen molar-refractivity contribution in [1.82, 2.24) is 19.5 Å². The number of nitrogens with one attached hydrogen (secondary N) is 1. The van der Waals surface area contributed by atoms with E-state index in [0.29, 0.717) is 41.0 Å². The molecule has 2 aromatic heterocycles. The molecule has 5 rings (SSSR count). The third-order valence-corrected chi connectivity index (χ3v) is 5.79. The van der Waals surface area contributed by atoms with Crippen molar-refractivity contribution >= 4 is 28.6 Å². The molecule has 0 radical (unpaired) electrons. The molecule has 2 unspecified atom stereocenters. The third kappa shape index (κ3) is 3.92. The molecule has 4 heterocycles. The first-order valence-electron chi connectivity index (χ1n) is 10.0. The molecule has 3 N–H and O–H groups in total. The standard InChI is InChI=1S/C20H22ClN5O5/c21-12-3-1-2-4-13(12)30-8-14-16(27)17(28)20(31-14)26-10-24-15-18(22-9-23-19(15)26)25-11-5-6-29-7-11/h1-4,9-11,14,16-17,20,27-28H,5-8H2,(H,22,23,25)/t11?,14-,16-,17-,20?/m1/s1. The topological polar surface area (TPSA) is 124 Å². The number of hydrogen-bond donors (Lipinski definition) is 3. The molecular formula is C20H22ClN5O5. The van der Waals surface area contributed by atoms with Crippen molar-refractivity contribution in [3.05, 3.63) is 41.9 Å². The maximum absolute atomic E-state index is 10.6. The summed E-state index contributed by atoms with van der Waals surface area (Å²) in [6.45, 7) is 1.34. The van der Waals surface area contributed by atoms with Gasteiger partial charge in [0.2, 0.25) is 0 Å². The van der Waals surface area contributed by atoms with Gasteiger partial charge in [-0.2, -0.15) is 0 Å². The maximum Gasteiger partial charge on any atom is 0.167 e. The van der Waals surface area contributed by atoms with Crippen molar-refractivity contribution in [1.29, 1.82) is 0 Å². The first-order chi connectivity index (χ1) is 15.1. The minimum Gasteiger partial charge on any atom is -0.489 e. The van der Waals surface area contributed by atoms with E-state index in [1.165, 1.54) is 12.7 Å². The fourth-order valence-corrected chi connectivity index (χ4v) is 4.01. The van der Waals surface area contributed by atoms with Crippen molar-refractivity contribution in [2.45, 2.75) is 37.0 Å². The average molecular weight is 448 g/mol. The second kappa shape index (κ2) is 8.56. The van der Waals surface area contributed by atoms with Gasteiger partial charge in [-0.1, -0.05) is 23.7 Å². The van der Waals surface area contributed by atoms with Crippen LogP contribution in [-0.4, -0.2) is 73.9 Å². The molecule has 2 aliphatic heterocycles. The van der Waals surface area contributed by atoms with Crippen molar-refractivity contribution < 1.29 is 24.4 Å². The number of ether oxygens (including phenoxy) is 3. The molecule has 164 valence electrons. The zero-order chi connectivity index (χ0) is 21.4. The van der Waals surface area contributed by atoms with Gasteiger partial charge in [-0.15, -0.1) is 0 Å². The molecule has 2 aliphatic rings. The summed E-state index contributed by atoms with van der Waals surface area (Å²) in [5.74, 6) is 1.07. The average Bonchev–Trinajstić information content (AvgIpc) is 3.50. The van der Waals surface area contributed by atoms with E-state index in [1.807, 2.05) is 0 Å². The van der Waals surface area contributed by atoms with Crippen LogP contribution in [0, 0.1) is 0 Å². The normalized spacial score (nSPS) is 28.3. The van der Waals surface area contributed by atoms with E-state index in [4.69, 9.17) is 25.8 Å². The van der Waals surface area contributed by atoms with Gasteiger partial charge in [0, 0.05) is 6.61 Å². The number of halogens is 1. The minimum absolute atomic E-state index is 0.0224. The van der Waals surface area contributed by atoms with Crippen molar-refractivity contribution in [3.63, 3.8) is 0 Å². The van der Waals surface area contributed by atoms with Gasteiger partial charge in [0.25, 0.3) is 0 Å². The third-order valence-electron chi connectivity index (χ3n) is 5.48. The van der Waals surface area contributed by atoms with Crippen molar-refractivity contribution in [2.75, 3.05) is 25.1 Å². The number of hydrogen-bond acceptors (Lipinski definition) is 9. The van der Waals surface area contributed by atoms with E-state index in [1.54, 1.807) is 28.8 Å². The number of aliphatic hydroxyl groups is 2. The summed E-state index contributed by atoms with van der Waals surface area (Å²) < 4.78 is 18.6. The van der Waals surface area contributed by atoms with Crippen LogP contribution in [0.3, 0.4) is 0 Å². The first-order valence-corrected chi connectivity index (χ1v) is 10.4. The summed E-state index contributed by atoms with van der Waals surface area (Å²) in [5, 5.41) is 24.9. The van der Waals surface area contributed by atoms with Crippen molar-refractivity contribution in [2.24, 2.45) is 0 Å². The number of imidazole rings is 1. The number of anilines is 1. The highest BCUT2D eigenvalue weighted by Crippen LogP contribution is 2.33. The quantitative estimate of drug-likeness (QED) is 0.514. The maximum atomic E-state index is 10.6. The molecule has 0 spiro atoms. The summed E-state index contributed by atoms with van der Waals surface area (Å²) in [5.41, 5.74) is 1.04. The van der Waals surface area contributed by atoms with E-state index < -0.39 is 24.5 Å². The Morgan fingerprint density at radius 2 is 2.06 bits per heavy atom. The zero-order valence-electron chi connectivity index (χ0n) is 16.5. The Bertz CT molecular complexity index is 1060. The number of aliphatic hydroxyl groups excluding tert-OH is 2. The lowest BCUT2D eigenvalue weighted by atomic mass is 10.1. The zero-order valence-corrected chi connectivity index (χ0v) is 17.2. The predicted molar refractivity (Wildman–Crippen MR) is 111 cm³/mol. The fourth-order valence-electron chi connectivity index (χ4n) is 3.82. The lowest BCUT2D eigenvalue weighted by Gasteiger charge is -2.17. The second-order valence-corrected chi connectivity index (χ2v) is 7.95. The Hall–Kier alpha value is -2.50.